The molecule has 2 aromatic rings. The molecule has 0 spiro atoms. The van der Waals surface area contributed by atoms with E-state index in [1.807, 2.05) is 0 Å². The van der Waals surface area contributed by atoms with Crippen LogP contribution in [0.5, 0.6) is 0 Å². The Kier molecular flexibility index (Phi) is 4.42. The molecule has 1 amide bonds. The zero-order chi connectivity index (χ0) is 14.7. The molecule has 0 aliphatic carbocycles. The molecule has 0 saturated carbocycles. The van der Waals surface area contributed by atoms with Crippen LogP contribution in [0.1, 0.15) is 26.8 Å². The minimum absolute atomic E-state index is 0.273. The number of thiophene rings is 1. The molecule has 0 saturated heterocycles. The van der Waals surface area contributed by atoms with Crippen LogP contribution in [0.25, 0.3) is 0 Å². The Balaban J connectivity index is 2.25. The number of hydrogen-bond donors (Lipinski definition) is 2. The fourth-order valence-corrected chi connectivity index (χ4v) is 2.72. The second kappa shape index (κ2) is 6.07. The number of carboxylic acid groups (broad SMARTS) is 1. The molecule has 1 aromatic heterocycles. The number of amides is 1. The lowest BCUT2D eigenvalue weighted by Gasteiger charge is -2.14. The van der Waals surface area contributed by atoms with Crippen molar-refractivity contribution in [3.63, 3.8) is 0 Å². The van der Waals surface area contributed by atoms with Crippen molar-refractivity contribution in [1.29, 1.82) is 0 Å². The van der Waals surface area contributed by atoms with Gasteiger partial charge in [-0.25, -0.2) is 4.79 Å². The van der Waals surface area contributed by atoms with E-state index in [0.29, 0.717) is 9.90 Å². The molecule has 0 fully saturated rings. The van der Waals surface area contributed by atoms with Gasteiger partial charge in [-0.1, -0.05) is 29.8 Å². The number of rotatable bonds is 4. The third kappa shape index (κ3) is 3.00. The smallest absolute Gasteiger partial charge is 0.331 e. The largest absolute Gasteiger partial charge is 0.479 e. The maximum Gasteiger partial charge on any atom is 0.331 e. The Morgan fingerprint density at radius 2 is 2.05 bits per heavy atom. The van der Waals surface area contributed by atoms with Gasteiger partial charge in [-0.15, -0.1) is 11.3 Å². The quantitative estimate of drug-likeness (QED) is 0.911. The van der Waals surface area contributed by atoms with E-state index in [0.717, 1.165) is 5.56 Å². The molecular formula is C14H12ClNO3S. The molecule has 6 heteroatoms. The van der Waals surface area contributed by atoms with Crippen LogP contribution in [0.15, 0.2) is 35.7 Å². The Labute approximate surface area is 125 Å². The predicted octanol–water partition coefficient (Wildman–Crippen LogP) is 3.27. The maximum atomic E-state index is 12.2. The minimum Gasteiger partial charge on any atom is -0.479 e. The maximum absolute atomic E-state index is 12.2. The lowest BCUT2D eigenvalue weighted by Crippen LogP contribution is -2.33. The molecule has 1 atom stereocenters. The third-order valence-corrected chi connectivity index (χ3v) is 4.23. The monoisotopic (exact) mass is 309 g/mol. The van der Waals surface area contributed by atoms with Crippen LogP contribution in [0.4, 0.5) is 0 Å². The molecule has 0 bridgehead atoms. The topological polar surface area (TPSA) is 66.4 Å². The number of nitrogens with one attached hydrogen (secondary N) is 1. The van der Waals surface area contributed by atoms with Gasteiger partial charge < -0.3 is 10.4 Å². The van der Waals surface area contributed by atoms with E-state index in [1.165, 1.54) is 11.3 Å². The summed E-state index contributed by atoms with van der Waals surface area (Å²) in [4.78, 5) is 24.0. The number of carboxylic acids is 1. The molecule has 2 N–H and O–H groups in total. The number of carbonyl (C=O) groups excluding carboxylic acids is 1. The van der Waals surface area contributed by atoms with E-state index in [1.54, 1.807) is 42.6 Å². The molecule has 0 radical (unpaired) electrons. The van der Waals surface area contributed by atoms with Crippen LogP contribution in [0, 0.1) is 6.92 Å². The van der Waals surface area contributed by atoms with Crippen molar-refractivity contribution in [2.24, 2.45) is 0 Å². The first-order valence-electron chi connectivity index (χ1n) is 5.83. The zero-order valence-electron chi connectivity index (χ0n) is 10.6. The van der Waals surface area contributed by atoms with Crippen LogP contribution >= 0.6 is 22.9 Å². The highest BCUT2D eigenvalue weighted by Gasteiger charge is 2.24. The second-order valence-corrected chi connectivity index (χ2v) is 5.55. The molecule has 1 heterocycles. The van der Waals surface area contributed by atoms with Gasteiger partial charge in [-0.3, -0.25) is 4.79 Å². The highest BCUT2D eigenvalue weighted by atomic mass is 35.5. The molecule has 1 aromatic carbocycles. The number of benzene rings is 1. The number of aliphatic carboxylic acids is 1. The van der Waals surface area contributed by atoms with Crippen LogP contribution in [0.2, 0.25) is 5.02 Å². The highest BCUT2D eigenvalue weighted by molar-refractivity contribution is 7.10. The molecule has 0 aliphatic heterocycles. The van der Waals surface area contributed by atoms with E-state index in [2.05, 4.69) is 5.32 Å². The normalized spacial score (nSPS) is 11.9. The van der Waals surface area contributed by atoms with Crippen molar-refractivity contribution >= 4 is 34.8 Å². The first-order chi connectivity index (χ1) is 9.50. The van der Waals surface area contributed by atoms with Gasteiger partial charge in [0.2, 0.25) is 0 Å². The number of aryl methyl sites for hydroxylation is 1. The van der Waals surface area contributed by atoms with Gasteiger partial charge in [0.05, 0.1) is 10.6 Å². The summed E-state index contributed by atoms with van der Waals surface area (Å²) in [6.45, 7) is 1.78. The third-order valence-electron chi connectivity index (χ3n) is 2.79. The van der Waals surface area contributed by atoms with Gasteiger partial charge >= 0.3 is 5.97 Å². The van der Waals surface area contributed by atoms with Crippen molar-refractivity contribution < 1.29 is 14.7 Å². The Hall–Kier alpha value is -1.85. The summed E-state index contributed by atoms with van der Waals surface area (Å²) in [6, 6.07) is 7.39. The summed E-state index contributed by atoms with van der Waals surface area (Å²) in [5.74, 6) is -1.61. The van der Waals surface area contributed by atoms with Crippen molar-refractivity contribution in [2.45, 2.75) is 13.0 Å². The van der Waals surface area contributed by atoms with E-state index in [4.69, 9.17) is 11.6 Å². The van der Waals surface area contributed by atoms with Gasteiger partial charge in [0.15, 0.2) is 6.04 Å². The molecule has 1 unspecified atom stereocenters. The number of hydrogen-bond acceptors (Lipinski definition) is 3. The summed E-state index contributed by atoms with van der Waals surface area (Å²) >= 11 is 7.35. The number of halogens is 1. The van der Waals surface area contributed by atoms with Gasteiger partial charge in [0, 0.05) is 4.88 Å². The van der Waals surface area contributed by atoms with Crippen molar-refractivity contribution in [2.75, 3.05) is 0 Å². The van der Waals surface area contributed by atoms with Crippen LogP contribution < -0.4 is 5.32 Å². The Bertz CT molecular complexity index is 640. The summed E-state index contributed by atoms with van der Waals surface area (Å²) in [5, 5.41) is 13.8. The lowest BCUT2D eigenvalue weighted by molar-refractivity contribution is -0.139. The second-order valence-electron chi connectivity index (χ2n) is 4.20. The average molecular weight is 310 g/mol. The summed E-state index contributed by atoms with van der Waals surface area (Å²) in [7, 11) is 0. The summed E-state index contributed by atoms with van der Waals surface area (Å²) in [5.41, 5.74) is 1.04. The molecular weight excluding hydrogens is 298 g/mol. The van der Waals surface area contributed by atoms with Crippen molar-refractivity contribution in [3.8, 4) is 0 Å². The highest BCUT2D eigenvalue weighted by Crippen LogP contribution is 2.23. The van der Waals surface area contributed by atoms with Crippen LogP contribution in [-0.2, 0) is 4.79 Å². The predicted molar refractivity (Wildman–Crippen MR) is 78.4 cm³/mol. The van der Waals surface area contributed by atoms with Gasteiger partial charge in [0.25, 0.3) is 5.91 Å². The Morgan fingerprint density at radius 3 is 2.65 bits per heavy atom. The average Bonchev–Trinajstić information content (AvgIpc) is 2.92. The first kappa shape index (κ1) is 14.6. The van der Waals surface area contributed by atoms with Crippen molar-refractivity contribution in [3.05, 3.63) is 56.7 Å². The first-order valence-corrected chi connectivity index (χ1v) is 7.08. The molecule has 2 rings (SSSR count). The molecule has 104 valence electrons. The van der Waals surface area contributed by atoms with Gasteiger partial charge in [0.1, 0.15) is 0 Å². The SMILES string of the molecule is Cc1cccc(C(=O)NC(C(=O)O)c2cccs2)c1Cl. The van der Waals surface area contributed by atoms with Crippen LogP contribution in [0.3, 0.4) is 0 Å². The van der Waals surface area contributed by atoms with E-state index >= 15 is 0 Å². The summed E-state index contributed by atoms with van der Waals surface area (Å²) < 4.78 is 0. The fraction of sp³-hybridized carbons (Fsp3) is 0.143. The summed E-state index contributed by atoms with van der Waals surface area (Å²) in [6.07, 6.45) is 0. The van der Waals surface area contributed by atoms with Crippen molar-refractivity contribution in [1.82, 2.24) is 5.32 Å². The molecule has 0 aliphatic rings. The van der Waals surface area contributed by atoms with Gasteiger partial charge in [-0.2, -0.15) is 0 Å². The Morgan fingerprint density at radius 1 is 1.30 bits per heavy atom. The van der Waals surface area contributed by atoms with E-state index in [9.17, 15) is 14.7 Å². The number of carbonyl (C=O) groups is 2. The van der Waals surface area contributed by atoms with E-state index < -0.39 is 17.9 Å². The van der Waals surface area contributed by atoms with E-state index in [-0.39, 0.29) is 5.56 Å². The zero-order valence-corrected chi connectivity index (χ0v) is 12.2. The standard InChI is InChI=1S/C14H12ClNO3S/c1-8-4-2-5-9(11(8)15)13(17)16-12(14(18)19)10-6-3-7-20-10/h2-7,12H,1H3,(H,16,17)(H,18,19). The fourth-order valence-electron chi connectivity index (χ4n) is 1.74. The lowest BCUT2D eigenvalue weighted by atomic mass is 10.1. The van der Waals surface area contributed by atoms with Crippen LogP contribution in [-0.4, -0.2) is 17.0 Å². The molecule has 20 heavy (non-hydrogen) atoms. The molecule has 4 nitrogen and oxygen atoms in total. The van der Waals surface area contributed by atoms with Gasteiger partial charge in [-0.05, 0) is 30.0 Å². The minimum atomic E-state index is -1.11.